The van der Waals surface area contributed by atoms with Crippen molar-refractivity contribution in [1.82, 2.24) is 0 Å². The molecule has 2 heteroatoms. The maximum absolute atomic E-state index is 5.49. The molecule has 1 aliphatic rings. The zero-order valence-electron chi connectivity index (χ0n) is 5.42. The van der Waals surface area contributed by atoms with Crippen LogP contribution in [0.5, 0.6) is 0 Å². The standard InChI is InChI=1S/C7H10NO/c1-9-7-4-2-3-6(8)5-7/h3-5H,2,8H2,1H3. The Hall–Kier alpha value is -0.920. The summed E-state index contributed by atoms with van der Waals surface area (Å²) in [6.07, 6.45) is 6.62. The molecule has 1 radical (unpaired) electrons. The van der Waals surface area contributed by atoms with Crippen molar-refractivity contribution in [3.05, 3.63) is 30.0 Å². The van der Waals surface area contributed by atoms with Crippen molar-refractivity contribution >= 4 is 0 Å². The molecule has 0 spiro atoms. The predicted molar refractivity (Wildman–Crippen MR) is 36.3 cm³/mol. The molecule has 0 amide bonds. The van der Waals surface area contributed by atoms with Gasteiger partial charge in [0.25, 0.3) is 0 Å². The van der Waals surface area contributed by atoms with E-state index in [9.17, 15) is 0 Å². The van der Waals surface area contributed by atoms with Crippen LogP contribution in [0.4, 0.5) is 0 Å². The molecular formula is C7H10NO. The summed E-state index contributed by atoms with van der Waals surface area (Å²) < 4.78 is 4.95. The van der Waals surface area contributed by atoms with Crippen LogP contribution in [0.25, 0.3) is 0 Å². The minimum Gasteiger partial charge on any atom is -0.497 e. The summed E-state index contributed by atoms with van der Waals surface area (Å²) in [6.45, 7) is 0. The highest BCUT2D eigenvalue weighted by atomic mass is 16.5. The number of allylic oxidation sites excluding steroid dienone is 3. The maximum atomic E-state index is 5.49. The minimum absolute atomic E-state index is 0.786. The molecule has 2 N–H and O–H groups in total. The van der Waals surface area contributed by atoms with Crippen LogP contribution in [0.3, 0.4) is 0 Å². The van der Waals surface area contributed by atoms with Crippen LogP contribution in [-0.4, -0.2) is 7.11 Å². The lowest BCUT2D eigenvalue weighted by Gasteiger charge is -2.07. The fourth-order valence-electron chi connectivity index (χ4n) is 0.736. The number of methoxy groups -OCH3 is 1. The number of ether oxygens (including phenoxy) is 1. The third kappa shape index (κ3) is 1.49. The SMILES string of the molecule is COC1=CC[CH]C(N)=C1. The number of hydrogen-bond acceptors (Lipinski definition) is 2. The molecule has 0 atom stereocenters. The largest absolute Gasteiger partial charge is 0.497 e. The Bertz CT molecular complexity index is 158. The van der Waals surface area contributed by atoms with E-state index in [0.717, 1.165) is 17.9 Å². The van der Waals surface area contributed by atoms with Crippen LogP contribution in [-0.2, 0) is 4.74 Å². The van der Waals surface area contributed by atoms with Crippen molar-refractivity contribution in [3.63, 3.8) is 0 Å². The molecule has 1 aliphatic carbocycles. The summed E-state index contributed by atoms with van der Waals surface area (Å²) in [7, 11) is 1.64. The van der Waals surface area contributed by atoms with Crippen molar-refractivity contribution in [2.24, 2.45) is 5.73 Å². The first-order valence-corrected chi connectivity index (χ1v) is 2.87. The molecule has 0 bridgehead atoms. The second kappa shape index (κ2) is 2.58. The highest BCUT2D eigenvalue weighted by Crippen LogP contribution is 2.11. The normalized spacial score (nSPS) is 18.3. The van der Waals surface area contributed by atoms with Crippen molar-refractivity contribution in [3.8, 4) is 0 Å². The molecule has 0 aromatic carbocycles. The van der Waals surface area contributed by atoms with Crippen LogP contribution in [0.1, 0.15) is 6.42 Å². The first-order valence-electron chi connectivity index (χ1n) is 2.87. The van der Waals surface area contributed by atoms with E-state index in [1.807, 2.05) is 18.6 Å². The van der Waals surface area contributed by atoms with E-state index in [1.165, 1.54) is 0 Å². The molecule has 0 fully saturated rings. The Kier molecular flexibility index (Phi) is 1.78. The lowest BCUT2D eigenvalue weighted by atomic mass is 10.1. The van der Waals surface area contributed by atoms with Crippen LogP contribution in [0, 0.1) is 6.42 Å². The molecule has 0 aromatic heterocycles. The Balaban J connectivity index is 2.63. The fourth-order valence-corrected chi connectivity index (χ4v) is 0.736. The Morgan fingerprint density at radius 3 is 2.89 bits per heavy atom. The monoisotopic (exact) mass is 124 g/mol. The molecule has 2 nitrogen and oxygen atoms in total. The third-order valence-corrected chi connectivity index (χ3v) is 1.22. The van der Waals surface area contributed by atoms with Gasteiger partial charge >= 0.3 is 0 Å². The van der Waals surface area contributed by atoms with Gasteiger partial charge in [-0.05, 0) is 18.6 Å². The van der Waals surface area contributed by atoms with E-state index in [1.54, 1.807) is 7.11 Å². The van der Waals surface area contributed by atoms with Crippen LogP contribution >= 0.6 is 0 Å². The van der Waals surface area contributed by atoms with Gasteiger partial charge in [-0.2, -0.15) is 0 Å². The summed E-state index contributed by atoms with van der Waals surface area (Å²) in [5, 5.41) is 0. The smallest absolute Gasteiger partial charge is 0.116 e. The van der Waals surface area contributed by atoms with Crippen LogP contribution < -0.4 is 5.73 Å². The maximum Gasteiger partial charge on any atom is 0.116 e. The van der Waals surface area contributed by atoms with Gasteiger partial charge < -0.3 is 10.5 Å². The van der Waals surface area contributed by atoms with Crippen molar-refractivity contribution in [2.45, 2.75) is 6.42 Å². The molecule has 49 valence electrons. The van der Waals surface area contributed by atoms with Gasteiger partial charge in [0.1, 0.15) is 5.76 Å². The van der Waals surface area contributed by atoms with Gasteiger partial charge in [-0.3, -0.25) is 0 Å². The first-order chi connectivity index (χ1) is 4.33. The topological polar surface area (TPSA) is 35.2 Å². The molecule has 0 aliphatic heterocycles. The molecule has 0 unspecified atom stereocenters. The highest BCUT2D eigenvalue weighted by Gasteiger charge is 2.00. The van der Waals surface area contributed by atoms with Gasteiger partial charge in [0.2, 0.25) is 0 Å². The van der Waals surface area contributed by atoms with Crippen LogP contribution in [0.15, 0.2) is 23.6 Å². The highest BCUT2D eigenvalue weighted by molar-refractivity contribution is 5.27. The number of hydrogen-bond donors (Lipinski definition) is 1. The van der Waals surface area contributed by atoms with E-state index < -0.39 is 0 Å². The molecule has 1 rings (SSSR count). The Morgan fingerprint density at radius 1 is 1.67 bits per heavy atom. The average Bonchev–Trinajstić information content (AvgIpc) is 1.88. The van der Waals surface area contributed by atoms with E-state index in [4.69, 9.17) is 10.5 Å². The molecule has 0 heterocycles. The summed E-state index contributed by atoms with van der Waals surface area (Å²) in [5.74, 6) is 0.856. The molecule has 0 aromatic rings. The van der Waals surface area contributed by atoms with Gasteiger partial charge in [0.15, 0.2) is 0 Å². The molecule has 0 saturated heterocycles. The predicted octanol–water partition coefficient (Wildman–Crippen LogP) is 0.967. The summed E-state index contributed by atoms with van der Waals surface area (Å²) >= 11 is 0. The number of nitrogens with two attached hydrogens (primary N) is 1. The van der Waals surface area contributed by atoms with E-state index in [0.29, 0.717) is 0 Å². The summed E-state index contributed by atoms with van der Waals surface area (Å²) in [6, 6.07) is 0. The quantitative estimate of drug-likeness (QED) is 0.565. The molecule has 9 heavy (non-hydrogen) atoms. The zero-order valence-corrected chi connectivity index (χ0v) is 5.42. The van der Waals surface area contributed by atoms with Gasteiger partial charge in [0, 0.05) is 12.1 Å². The van der Waals surface area contributed by atoms with E-state index in [2.05, 4.69) is 0 Å². The van der Waals surface area contributed by atoms with E-state index in [-0.39, 0.29) is 0 Å². The van der Waals surface area contributed by atoms with Gasteiger partial charge in [-0.25, -0.2) is 0 Å². The third-order valence-electron chi connectivity index (χ3n) is 1.22. The minimum atomic E-state index is 0.786. The fraction of sp³-hybridized carbons (Fsp3) is 0.286. The van der Waals surface area contributed by atoms with Crippen molar-refractivity contribution in [2.75, 3.05) is 7.11 Å². The van der Waals surface area contributed by atoms with Gasteiger partial charge in [-0.1, -0.05) is 0 Å². The molecular weight excluding hydrogens is 114 g/mol. The molecule has 0 saturated carbocycles. The summed E-state index contributed by atoms with van der Waals surface area (Å²) in [5.41, 5.74) is 6.27. The lowest BCUT2D eigenvalue weighted by molar-refractivity contribution is 0.304. The average molecular weight is 124 g/mol. The number of rotatable bonds is 1. The van der Waals surface area contributed by atoms with E-state index >= 15 is 0 Å². The Morgan fingerprint density at radius 2 is 2.44 bits per heavy atom. The first kappa shape index (κ1) is 6.20. The second-order valence-electron chi connectivity index (χ2n) is 1.89. The summed E-state index contributed by atoms with van der Waals surface area (Å²) in [4.78, 5) is 0. The zero-order chi connectivity index (χ0) is 6.69. The van der Waals surface area contributed by atoms with Crippen LogP contribution in [0.2, 0.25) is 0 Å². The lowest BCUT2D eigenvalue weighted by Crippen LogP contribution is -2.02. The van der Waals surface area contributed by atoms with Gasteiger partial charge in [0.05, 0.1) is 7.11 Å². The Labute approximate surface area is 55.0 Å². The second-order valence-corrected chi connectivity index (χ2v) is 1.89. The van der Waals surface area contributed by atoms with Gasteiger partial charge in [-0.15, -0.1) is 0 Å². The van der Waals surface area contributed by atoms with Crippen molar-refractivity contribution in [1.29, 1.82) is 0 Å². The van der Waals surface area contributed by atoms with Crippen molar-refractivity contribution < 1.29 is 4.74 Å².